The Labute approximate surface area is 126 Å². The van der Waals surface area contributed by atoms with Crippen LogP contribution in [0.1, 0.15) is 33.1 Å². The second-order valence-electron chi connectivity index (χ2n) is 4.85. The van der Waals surface area contributed by atoms with Gasteiger partial charge in [-0.3, -0.25) is 4.79 Å². The summed E-state index contributed by atoms with van der Waals surface area (Å²) in [7, 11) is 0. The minimum Gasteiger partial charge on any atom is -0.465 e. The number of ether oxygens (including phenoxy) is 1. The van der Waals surface area contributed by atoms with Crippen LogP contribution in [0, 0.1) is 6.92 Å². The molecule has 1 aliphatic heterocycles. The minimum atomic E-state index is -1.22. The van der Waals surface area contributed by atoms with Crippen LogP contribution >= 0.6 is 0 Å². The van der Waals surface area contributed by atoms with E-state index in [1.165, 1.54) is 0 Å². The summed E-state index contributed by atoms with van der Waals surface area (Å²) in [6.07, 6.45) is -1.22. The number of cyclic esters (lactones) is 1. The molecule has 2 rings (SSSR count). The van der Waals surface area contributed by atoms with E-state index in [2.05, 4.69) is 10.6 Å². The second kappa shape index (κ2) is 6.44. The molecule has 1 aliphatic rings. The van der Waals surface area contributed by atoms with Crippen LogP contribution in [-0.4, -0.2) is 41.3 Å². The molecule has 0 saturated carbocycles. The first-order valence-electron chi connectivity index (χ1n) is 6.60. The summed E-state index contributed by atoms with van der Waals surface area (Å²) >= 11 is 0. The molecule has 1 aromatic rings. The smallest absolute Gasteiger partial charge is 0.404 e. The summed E-state index contributed by atoms with van der Waals surface area (Å²) in [5.74, 6) is -1.02. The average molecular weight is 308 g/mol. The standard InChI is InChI=1S/C14H16N2O6/c1-7-8(2-3-9-10(7)6-22-13(9)19)11(4-15-14(20)21)16-12(18)5-17/h2-3,11,15,17H,4-6H2,1H3,(H,16,18)(H,20,21). The molecule has 8 nitrogen and oxygen atoms in total. The Balaban J connectivity index is 2.32. The number of aliphatic hydroxyl groups is 1. The molecule has 2 amide bonds. The Kier molecular flexibility index (Phi) is 4.62. The first-order chi connectivity index (χ1) is 10.4. The Morgan fingerprint density at radius 3 is 2.77 bits per heavy atom. The van der Waals surface area contributed by atoms with Crippen LogP contribution in [0.4, 0.5) is 4.79 Å². The van der Waals surface area contributed by atoms with Crippen LogP contribution in [0.5, 0.6) is 0 Å². The lowest BCUT2D eigenvalue weighted by Gasteiger charge is -2.21. The highest BCUT2D eigenvalue weighted by Crippen LogP contribution is 2.28. The van der Waals surface area contributed by atoms with Crippen molar-refractivity contribution in [2.75, 3.05) is 13.2 Å². The van der Waals surface area contributed by atoms with Gasteiger partial charge in [-0.2, -0.15) is 0 Å². The van der Waals surface area contributed by atoms with Gasteiger partial charge in [0.2, 0.25) is 5.91 Å². The van der Waals surface area contributed by atoms with Crippen LogP contribution in [0.2, 0.25) is 0 Å². The molecule has 8 heteroatoms. The number of rotatable bonds is 5. The zero-order chi connectivity index (χ0) is 16.3. The fourth-order valence-corrected chi connectivity index (χ4v) is 2.41. The highest BCUT2D eigenvalue weighted by molar-refractivity contribution is 5.94. The first-order valence-corrected chi connectivity index (χ1v) is 6.60. The maximum atomic E-state index is 11.5. The molecule has 0 radical (unpaired) electrons. The predicted molar refractivity (Wildman–Crippen MR) is 74.3 cm³/mol. The third kappa shape index (κ3) is 3.17. The van der Waals surface area contributed by atoms with Crippen molar-refractivity contribution >= 4 is 18.0 Å². The number of amides is 2. The van der Waals surface area contributed by atoms with Gasteiger partial charge < -0.3 is 25.6 Å². The van der Waals surface area contributed by atoms with Crippen molar-refractivity contribution < 1.29 is 29.3 Å². The van der Waals surface area contributed by atoms with Gasteiger partial charge in [0.05, 0.1) is 11.6 Å². The quantitative estimate of drug-likeness (QED) is 0.571. The maximum absolute atomic E-state index is 11.5. The van der Waals surface area contributed by atoms with Gasteiger partial charge in [-0.15, -0.1) is 0 Å². The topological polar surface area (TPSA) is 125 Å². The number of benzene rings is 1. The van der Waals surface area contributed by atoms with E-state index in [1.54, 1.807) is 19.1 Å². The monoisotopic (exact) mass is 308 g/mol. The van der Waals surface area contributed by atoms with E-state index >= 15 is 0 Å². The van der Waals surface area contributed by atoms with Gasteiger partial charge in [0, 0.05) is 12.1 Å². The average Bonchev–Trinajstić information content (AvgIpc) is 2.86. The summed E-state index contributed by atoms with van der Waals surface area (Å²) in [5, 5.41) is 22.3. The molecular formula is C14H16N2O6. The number of fused-ring (bicyclic) bond motifs is 1. The van der Waals surface area contributed by atoms with Crippen molar-refractivity contribution in [3.05, 3.63) is 34.4 Å². The molecule has 0 bridgehead atoms. The van der Waals surface area contributed by atoms with E-state index in [-0.39, 0.29) is 13.2 Å². The van der Waals surface area contributed by atoms with Gasteiger partial charge in [0.1, 0.15) is 13.2 Å². The Morgan fingerprint density at radius 2 is 2.14 bits per heavy atom. The SMILES string of the molecule is Cc1c(C(CNC(=O)O)NC(=O)CO)ccc2c1COC2=O. The van der Waals surface area contributed by atoms with Crippen molar-refractivity contribution in [2.45, 2.75) is 19.6 Å². The summed E-state index contributed by atoms with van der Waals surface area (Å²) in [5.41, 5.74) is 2.60. The van der Waals surface area contributed by atoms with Gasteiger partial charge in [-0.05, 0) is 24.1 Å². The molecule has 1 aromatic carbocycles. The van der Waals surface area contributed by atoms with Crippen LogP contribution in [0.3, 0.4) is 0 Å². The van der Waals surface area contributed by atoms with Gasteiger partial charge in [0.15, 0.2) is 0 Å². The molecular weight excluding hydrogens is 292 g/mol. The number of aliphatic hydroxyl groups excluding tert-OH is 1. The zero-order valence-electron chi connectivity index (χ0n) is 11.9. The largest absolute Gasteiger partial charge is 0.465 e. The summed E-state index contributed by atoms with van der Waals surface area (Å²) in [6, 6.07) is 2.58. The zero-order valence-corrected chi connectivity index (χ0v) is 11.9. The Hall–Kier alpha value is -2.61. The molecule has 4 N–H and O–H groups in total. The molecule has 118 valence electrons. The third-order valence-electron chi connectivity index (χ3n) is 3.52. The van der Waals surface area contributed by atoms with E-state index < -0.39 is 30.6 Å². The van der Waals surface area contributed by atoms with Crippen LogP contribution in [0.25, 0.3) is 0 Å². The number of carbonyl (C=O) groups excluding carboxylic acids is 2. The fraction of sp³-hybridized carbons (Fsp3) is 0.357. The molecule has 1 atom stereocenters. The predicted octanol–water partition coefficient (Wildman–Crippen LogP) is 0.0826. The number of hydrogen-bond acceptors (Lipinski definition) is 5. The molecule has 22 heavy (non-hydrogen) atoms. The molecule has 0 aliphatic carbocycles. The lowest BCUT2D eigenvalue weighted by molar-refractivity contribution is -0.124. The minimum absolute atomic E-state index is 0.0600. The number of esters is 1. The molecule has 1 unspecified atom stereocenters. The van der Waals surface area contributed by atoms with Crippen LogP contribution in [0.15, 0.2) is 12.1 Å². The Morgan fingerprint density at radius 1 is 1.41 bits per heavy atom. The molecule has 0 fully saturated rings. The first kappa shape index (κ1) is 15.8. The maximum Gasteiger partial charge on any atom is 0.404 e. The van der Waals surface area contributed by atoms with Gasteiger partial charge in [0.25, 0.3) is 0 Å². The lowest BCUT2D eigenvalue weighted by Crippen LogP contribution is -2.39. The number of carbonyl (C=O) groups is 3. The van der Waals surface area contributed by atoms with E-state index in [1.807, 2.05) is 0 Å². The molecule has 0 saturated heterocycles. The van der Waals surface area contributed by atoms with Crippen molar-refractivity contribution in [3.63, 3.8) is 0 Å². The molecule has 1 heterocycles. The van der Waals surface area contributed by atoms with Gasteiger partial charge >= 0.3 is 12.1 Å². The lowest BCUT2D eigenvalue weighted by atomic mass is 9.94. The third-order valence-corrected chi connectivity index (χ3v) is 3.52. The van der Waals surface area contributed by atoms with Crippen LogP contribution in [-0.2, 0) is 16.1 Å². The van der Waals surface area contributed by atoms with E-state index in [0.29, 0.717) is 11.1 Å². The number of nitrogens with one attached hydrogen (secondary N) is 2. The van der Waals surface area contributed by atoms with E-state index in [4.69, 9.17) is 14.9 Å². The van der Waals surface area contributed by atoms with E-state index in [9.17, 15) is 14.4 Å². The molecule has 0 aromatic heterocycles. The molecule has 0 spiro atoms. The Bertz CT molecular complexity index is 628. The van der Waals surface area contributed by atoms with Crippen molar-refractivity contribution in [1.29, 1.82) is 0 Å². The fourth-order valence-electron chi connectivity index (χ4n) is 2.41. The van der Waals surface area contributed by atoms with E-state index in [0.717, 1.165) is 11.1 Å². The summed E-state index contributed by atoms with van der Waals surface area (Å²) in [6.45, 7) is 1.17. The second-order valence-corrected chi connectivity index (χ2v) is 4.85. The number of hydrogen-bond donors (Lipinski definition) is 4. The van der Waals surface area contributed by atoms with Gasteiger partial charge in [-0.25, -0.2) is 9.59 Å². The highest BCUT2D eigenvalue weighted by atomic mass is 16.5. The normalized spacial score (nSPS) is 14.0. The van der Waals surface area contributed by atoms with Crippen LogP contribution < -0.4 is 10.6 Å². The van der Waals surface area contributed by atoms with Crippen molar-refractivity contribution in [1.82, 2.24) is 10.6 Å². The van der Waals surface area contributed by atoms with Gasteiger partial charge in [-0.1, -0.05) is 6.07 Å². The van der Waals surface area contributed by atoms with Crippen molar-refractivity contribution in [2.24, 2.45) is 0 Å². The summed E-state index contributed by atoms with van der Waals surface area (Å²) in [4.78, 5) is 33.6. The number of carboxylic acid groups (broad SMARTS) is 1. The highest BCUT2D eigenvalue weighted by Gasteiger charge is 2.26. The van der Waals surface area contributed by atoms with Crippen molar-refractivity contribution in [3.8, 4) is 0 Å². The summed E-state index contributed by atoms with van der Waals surface area (Å²) < 4.78 is 4.96.